The van der Waals surface area contributed by atoms with Gasteiger partial charge in [0, 0.05) is 0 Å². The fraction of sp³-hybridized carbons (Fsp3) is 0. The Morgan fingerprint density at radius 3 is 1.28 bits per heavy atom. The van der Waals surface area contributed by atoms with E-state index in [0.29, 0.717) is 22.3 Å². The first-order valence-electron chi connectivity index (χ1n) is 19.3. The summed E-state index contributed by atoms with van der Waals surface area (Å²) in [6.07, 6.45) is 0. The summed E-state index contributed by atoms with van der Waals surface area (Å²) in [7, 11) is 0. The van der Waals surface area contributed by atoms with Crippen LogP contribution in [0.5, 0.6) is 0 Å². The summed E-state index contributed by atoms with van der Waals surface area (Å²) in [5.74, 6) is 0. The highest BCUT2D eigenvalue weighted by atomic mass is 14.2. The first kappa shape index (κ1) is 19.4. The summed E-state index contributed by atoms with van der Waals surface area (Å²) in [5, 5.41) is 4.42. The second-order valence-corrected chi connectivity index (χ2v) is 11.5. The van der Waals surface area contributed by atoms with E-state index in [-0.39, 0.29) is 45.7 Å². The minimum absolute atomic E-state index is 0.200. The zero-order chi connectivity index (χ0) is 37.4. The van der Waals surface area contributed by atoms with E-state index in [4.69, 9.17) is 5.48 Å². The SMILES string of the molecule is [2H]c1c([2H])c([2H])c2c(-c3cc4ccccc4c4ccccc34)c3c([2H])c([2H])c([2H])c([2H])c3c(-c3ccc(-c4ccc(-c5ccccc5)cc4)cc3)c2c1[2H]. The van der Waals surface area contributed by atoms with E-state index in [1.807, 2.05) is 97.1 Å². The molecule has 214 valence electrons. The Balaban J connectivity index is 1.39. The van der Waals surface area contributed by atoms with Crippen LogP contribution in [0.4, 0.5) is 0 Å². The number of fused-ring (bicyclic) bond motifs is 5. The van der Waals surface area contributed by atoms with Gasteiger partial charge in [0.05, 0.1) is 11.0 Å². The van der Waals surface area contributed by atoms with Gasteiger partial charge < -0.3 is 0 Å². The molecule has 0 fully saturated rings. The summed E-state index contributed by atoms with van der Waals surface area (Å²) in [6.45, 7) is 0. The van der Waals surface area contributed by atoms with Crippen LogP contribution in [0, 0.1) is 0 Å². The molecule has 0 saturated heterocycles. The molecule has 0 bridgehead atoms. The monoisotopic (exact) mass is 590 g/mol. The quantitative estimate of drug-likeness (QED) is 0.141. The van der Waals surface area contributed by atoms with Gasteiger partial charge in [0.1, 0.15) is 0 Å². The molecule has 0 saturated carbocycles. The highest BCUT2D eigenvalue weighted by Gasteiger charge is 2.19. The topological polar surface area (TPSA) is 0 Å². The van der Waals surface area contributed by atoms with Gasteiger partial charge in [-0.1, -0.05) is 176 Å². The van der Waals surface area contributed by atoms with E-state index >= 15 is 0 Å². The molecule has 9 aromatic carbocycles. The van der Waals surface area contributed by atoms with Crippen LogP contribution in [0.2, 0.25) is 0 Å². The predicted octanol–water partition coefficient (Wildman–Crippen LogP) is 13.0. The van der Waals surface area contributed by atoms with Gasteiger partial charge in [0.15, 0.2) is 0 Å². The summed E-state index contributed by atoms with van der Waals surface area (Å²) in [4.78, 5) is 0. The molecule has 0 nitrogen and oxygen atoms in total. The van der Waals surface area contributed by atoms with E-state index < -0.39 is 24.2 Å². The smallest absolute Gasteiger partial charge is 0.0622 e. The molecule has 9 aromatic rings. The number of hydrogen-bond donors (Lipinski definition) is 0. The zero-order valence-electron chi connectivity index (χ0n) is 32.7. The first-order chi connectivity index (χ1) is 26.2. The van der Waals surface area contributed by atoms with Gasteiger partial charge >= 0.3 is 0 Å². The van der Waals surface area contributed by atoms with Crippen molar-refractivity contribution in [2.45, 2.75) is 0 Å². The molecule has 0 unspecified atom stereocenters. The van der Waals surface area contributed by atoms with Crippen molar-refractivity contribution < 1.29 is 11.0 Å². The lowest BCUT2D eigenvalue weighted by Crippen LogP contribution is -1.92. The van der Waals surface area contributed by atoms with Crippen molar-refractivity contribution in [3.8, 4) is 44.5 Å². The van der Waals surface area contributed by atoms with E-state index in [9.17, 15) is 5.48 Å². The minimum Gasteiger partial charge on any atom is -0.0622 e. The Bertz CT molecular complexity index is 2910. The third kappa shape index (κ3) is 4.30. The predicted molar refractivity (Wildman–Crippen MR) is 198 cm³/mol. The Kier molecular flexibility index (Phi) is 4.59. The molecular weight excluding hydrogens is 553 g/mol. The van der Waals surface area contributed by atoms with Crippen molar-refractivity contribution in [3.05, 3.63) is 182 Å². The molecule has 0 spiro atoms. The van der Waals surface area contributed by atoms with E-state index in [1.54, 1.807) is 0 Å². The van der Waals surface area contributed by atoms with Crippen molar-refractivity contribution in [3.63, 3.8) is 0 Å². The number of rotatable bonds is 4. The molecule has 0 radical (unpaired) electrons. The largest absolute Gasteiger partial charge is 0.0629 e. The molecule has 46 heavy (non-hydrogen) atoms. The fourth-order valence-corrected chi connectivity index (χ4v) is 6.76. The van der Waals surface area contributed by atoms with Crippen LogP contribution in [0.3, 0.4) is 0 Å². The van der Waals surface area contributed by atoms with Crippen LogP contribution in [0.25, 0.3) is 87.6 Å². The Morgan fingerprint density at radius 2 is 0.717 bits per heavy atom. The van der Waals surface area contributed by atoms with Crippen molar-refractivity contribution in [1.29, 1.82) is 0 Å². The summed E-state index contributed by atoms with van der Waals surface area (Å²) >= 11 is 0. The average Bonchev–Trinajstić information content (AvgIpc) is 3.22. The Morgan fingerprint density at radius 1 is 0.304 bits per heavy atom. The van der Waals surface area contributed by atoms with E-state index in [1.165, 1.54) is 0 Å². The molecule has 0 aliphatic carbocycles. The molecule has 0 amide bonds. The van der Waals surface area contributed by atoms with Crippen molar-refractivity contribution in [2.75, 3.05) is 0 Å². The molecule has 0 aliphatic heterocycles. The third-order valence-corrected chi connectivity index (χ3v) is 8.91. The fourth-order valence-electron chi connectivity index (χ4n) is 6.76. The maximum atomic E-state index is 9.38. The molecule has 9 rings (SSSR count). The van der Waals surface area contributed by atoms with Crippen LogP contribution >= 0.6 is 0 Å². The number of hydrogen-bond acceptors (Lipinski definition) is 0. The van der Waals surface area contributed by atoms with Gasteiger partial charge in [-0.3, -0.25) is 0 Å². The lowest BCUT2D eigenvalue weighted by molar-refractivity contribution is 1.59. The zero-order valence-corrected chi connectivity index (χ0v) is 24.7. The molecule has 0 N–H and O–H groups in total. The van der Waals surface area contributed by atoms with Gasteiger partial charge in [0.2, 0.25) is 0 Å². The van der Waals surface area contributed by atoms with E-state index in [0.717, 1.165) is 43.8 Å². The van der Waals surface area contributed by atoms with Gasteiger partial charge in [-0.2, -0.15) is 0 Å². The van der Waals surface area contributed by atoms with Crippen LogP contribution in [0.1, 0.15) is 11.0 Å². The summed E-state index contributed by atoms with van der Waals surface area (Å²) in [5.41, 5.74) is 5.99. The van der Waals surface area contributed by atoms with Crippen LogP contribution < -0.4 is 0 Å². The second kappa shape index (κ2) is 10.9. The third-order valence-electron chi connectivity index (χ3n) is 8.91. The molecule has 0 aromatic heterocycles. The van der Waals surface area contributed by atoms with Gasteiger partial charge in [-0.25, -0.2) is 0 Å². The van der Waals surface area contributed by atoms with Gasteiger partial charge in [0.25, 0.3) is 0 Å². The lowest BCUT2D eigenvalue weighted by Gasteiger charge is -2.19. The maximum Gasteiger partial charge on any atom is 0.0629 e. The Labute approximate surface area is 280 Å². The van der Waals surface area contributed by atoms with Crippen molar-refractivity contribution in [2.24, 2.45) is 0 Å². The highest BCUT2D eigenvalue weighted by molar-refractivity contribution is 6.25. The Hall–Kier alpha value is -5.98. The number of benzene rings is 9. The van der Waals surface area contributed by atoms with Crippen molar-refractivity contribution >= 4 is 43.1 Å². The normalized spacial score (nSPS) is 13.9. The van der Waals surface area contributed by atoms with Crippen LogP contribution in [0.15, 0.2) is 182 Å². The maximum absolute atomic E-state index is 9.38. The van der Waals surface area contributed by atoms with Crippen LogP contribution in [-0.4, -0.2) is 0 Å². The minimum atomic E-state index is -0.418. The summed E-state index contributed by atoms with van der Waals surface area (Å²) < 4.78 is 72.7. The van der Waals surface area contributed by atoms with Crippen LogP contribution in [-0.2, 0) is 0 Å². The van der Waals surface area contributed by atoms with E-state index in [2.05, 4.69) is 36.4 Å². The molecule has 0 atom stereocenters. The molecular formula is C46H30. The lowest BCUT2D eigenvalue weighted by atomic mass is 9.83. The summed E-state index contributed by atoms with van der Waals surface area (Å²) in [6, 6.07) is 40.9. The van der Waals surface area contributed by atoms with Crippen molar-refractivity contribution in [1.82, 2.24) is 0 Å². The average molecular weight is 591 g/mol. The highest BCUT2D eigenvalue weighted by Crippen LogP contribution is 2.46. The van der Waals surface area contributed by atoms with Gasteiger partial charge in [-0.15, -0.1) is 0 Å². The standard InChI is InChI=1S/C46H30/c1-2-12-31(13-3-1)32-22-24-33(25-23-32)34-26-28-35(29-27-34)45-40-18-8-10-20-42(40)46(43-21-11-9-19-41(43)45)44-30-36-14-4-5-15-37(36)38-16-6-7-17-39(38)44/h1-30H/i8D,9D,10D,11D,18D,19D,20D,21D. The molecule has 0 heteroatoms. The first-order valence-corrected chi connectivity index (χ1v) is 15.3. The van der Waals surface area contributed by atoms with Gasteiger partial charge in [-0.05, 0) is 93.7 Å². The second-order valence-electron chi connectivity index (χ2n) is 11.5. The molecule has 0 aliphatic rings. The molecule has 0 heterocycles.